The third-order valence-electron chi connectivity index (χ3n) is 8.34. The molecule has 6 nitrogen and oxygen atoms in total. The number of ketones is 1. The molecule has 0 saturated heterocycles. The van der Waals surface area contributed by atoms with Crippen LogP contribution in [-0.4, -0.2) is 34.5 Å². The van der Waals surface area contributed by atoms with Crippen molar-refractivity contribution in [3.63, 3.8) is 0 Å². The maximum atomic E-state index is 14.1. The first-order chi connectivity index (χ1) is 16.1. The van der Waals surface area contributed by atoms with Crippen molar-refractivity contribution < 1.29 is 29.0 Å². The maximum absolute atomic E-state index is 14.1. The summed E-state index contributed by atoms with van der Waals surface area (Å²) in [5.74, 6) is -1.45. The minimum atomic E-state index is -1.13. The van der Waals surface area contributed by atoms with Crippen molar-refractivity contribution in [2.24, 2.45) is 22.7 Å². The van der Waals surface area contributed by atoms with Crippen LogP contribution in [0.2, 0.25) is 0 Å². The molecule has 0 bridgehead atoms. The topological polar surface area (TPSA) is 89.9 Å². The Bertz CT molecular complexity index is 1050. The molecule has 2 saturated carbocycles. The zero-order valence-electron chi connectivity index (χ0n) is 22.4. The standard InChI is InChI=1S/C29H40O6/c1-17-10-11-21(15-22(17)32)18(2)14-23(33)25-28(7)13-9-12-27(5,6)26(28)24(34-19(3)30)16-29(25,8)35-20(4)31/h10-11,14-15,24-26,32H,9,12-13,16H2,1-8H3. The van der Waals surface area contributed by atoms with Gasteiger partial charge in [0.05, 0.1) is 5.92 Å². The Balaban J connectivity index is 2.14. The van der Waals surface area contributed by atoms with Gasteiger partial charge in [-0.1, -0.05) is 39.3 Å². The van der Waals surface area contributed by atoms with E-state index in [0.29, 0.717) is 0 Å². The van der Waals surface area contributed by atoms with E-state index in [-0.39, 0.29) is 35.3 Å². The molecule has 0 aromatic heterocycles. The zero-order valence-corrected chi connectivity index (χ0v) is 22.4. The monoisotopic (exact) mass is 484 g/mol. The van der Waals surface area contributed by atoms with Crippen molar-refractivity contribution in [1.82, 2.24) is 0 Å². The van der Waals surface area contributed by atoms with E-state index in [0.717, 1.165) is 36.0 Å². The number of aryl methyl sites for hydroxylation is 1. The van der Waals surface area contributed by atoms with Crippen molar-refractivity contribution >= 4 is 23.3 Å². The second-order valence-electron chi connectivity index (χ2n) is 11.7. The third kappa shape index (κ3) is 5.17. The van der Waals surface area contributed by atoms with Gasteiger partial charge in [-0.15, -0.1) is 0 Å². The summed E-state index contributed by atoms with van der Waals surface area (Å²) < 4.78 is 11.8. The number of esters is 2. The van der Waals surface area contributed by atoms with Crippen LogP contribution in [0.15, 0.2) is 24.3 Å². The molecule has 0 heterocycles. The molecule has 1 aromatic rings. The van der Waals surface area contributed by atoms with Crippen molar-refractivity contribution in [3.05, 3.63) is 35.4 Å². The van der Waals surface area contributed by atoms with Gasteiger partial charge in [0.15, 0.2) is 5.78 Å². The summed E-state index contributed by atoms with van der Waals surface area (Å²) in [6.45, 7) is 14.7. The number of rotatable bonds is 5. The van der Waals surface area contributed by atoms with E-state index in [2.05, 4.69) is 20.8 Å². The number of allylic oxidation sites excluding steroid dienone is 2. The molecule has 0 aliphatic heterocycles. The highest BCUT2D eigenvalue weighted by Crippen LogP contribution is 2.63. The van der Waals surface area contributed by atoms with Crippen LogP contribution in [0.5, 0.6) is 5.75 Å². The van der Waals surface area contributed by atoms with E-state index >= 15 is 0 Å². The number of phenols is 1. The predicted molar refractivity (Wildman–Crippen MR) is 135 cm³/mol. The molecule has 0 amide bonds. The Hall–Kier alpha value is -2.63. The molecule has 35 heavy (non-hydrogen) atoms. The molecule has 6 heteroatoms. The highest BCUT2D eigenvalue weighted by atomic mass is 16.6. The highest BCUT2D eigenvalue weighted by molar-refractivity contribution is 5.99. The number of aromatic hydroxyl groups is 1. The summed E-state index contributed by atoms with van der Waals surface area (Å²) in [7, 11) is 0. The van der Waals surface area contributed by atoms with Crippen molar-refractivity contribution in [1.29, 1.82) is 0 Å². The molecule has 1 aromatic carbocycles. The van der Waals surface area contributed by atoms with Crippen LogP contribution < -0.4 is 0 Å². The van der Waals surface area contributed by atoms with Crippen LogP contribution in [0.25, 0.3) is 5.57 Å². The Kier molecular flexibility index (Phi) is 7.27. The predicted octanol–water partition coefficient (Wildman–Crippen LogP) is 5.78. The Labute approximate surface area is 209 Å². The Morgan fingerprint density at radius 3 is 2.26 bits per heavy atom. The van der Waals surface area contributed by atoms with E-state index in [1.165, 1.54) is 13.8 Å². The SMILES string of the molecule is CC(=O)OC1CC(C)(OC(C)=O)C(C(=O)C=C(C)c2ccc(C)c(O)c2)C2(C)CCCC(C)(C)C12. The summed E-state index contributed by atoms with van der Waals surface area (Å²) in [6, 6.07) is 5.36. The minimum Gasteiger partial charge on any atom is -0.508 e. The lowest BCUT2D eigenvalue weighted by Gasteiger charge is -2.62. The lowest BCUT2D eigenvalue weighted by Crippen LogP contribution is -2.66. The first-order valence-electron chi connectivity index (χ1n) is 12.5. The van der Waals surface area contributed by atoms with E-state index in [4.69, 9.17) is 9.47 Å². The van der Waals surface area contributed by atoms with Crippen molar-refractivity contribution in [2.75, 3.05) is 0 Å². The highest BCUT2D eigenvalue weighted by Gasteiger charge is 2.66. The number of benzene rings is 1. The van der Waals surface area contributed by atoms with Gasteiger partial charge < -0.3 is 14.6 Å². The van der Waals surface area contributed by atoms with Gasteiger partial charge >= 0.3 is 11.9 Å². The van der Waals surface area contributed by atoms with E-state index < -0.39 is 29.0 Å². The van der Waals surface area contributed by atoms with Gasteiger partial charge in [-0.3, -0.25) is 14.4 Å². The number of hydrogen-bond donors (Lipinski definition) is 1. The fourth-order valence-corrected chi connectivity index (χ4v) is 7.33. The first kappa shape index (κ1) is 27.0. The second-order valence-corrected chi connectivity index (χ2v) is 11.7. The average molecular weight is 485 g/mol. The number of ether oxygens (including phenoxy) is 2. The largest absolute Gasteiger partial charge is 0.508 e. The molecular formula is C29H40O6. The first-order valence-corrected chi connectivity index (χ1v) is 12.5. The molecule has 0 spiro atoms. The van der Waals surface area contributed by atoms with Crippen molar-refractivity contribution in [3.8, 4) is 5.75 Å². The molecule has 5 atom stereocenters. The van der Waals surface area contributed by atoms with Crippen LogP contribution >= 0.6 is 0 Å². The summed E-state index contributed by atoms with van der Waals surface area (Å²) in [5.41, 5.74) is 0.410. The Morgan fingerprint density at radius 1 is 1.03 bits per heavy atom. The summed E-state index contributed by atoms with van der Waals surface area (Å²) in [6.07, 6.45) is 4.09. The quantitative estimate of drug-likeness (QED) is 0.421. The fraction of sp³-hybridized carbons (Fsp3) is 0.621. The molecule has 1 N–H and O–H groups in total. The summed E-state index contributed by atoms with van der Waals surface area (Å²) >= 11 is 0. The molecule has 192 valence electrons. The van der Waals surface area contributed by atoms with Gasteiger partial charge in [0.1, 0.15) is 17.5 Å². The van der Waals surface area contributed by atoms with Crippen LogP contribution in [0.3, 0.4) is 0 Å². The number of fused-ring (bicyclic) bond motifs is 1. The minimum absolute atomic E-state index is 0.0673. The van der Waals surface area contributed by atoms with Crippen LogP contribution in [0.4, 0.5) is 0 Å². The van der Waals surface area contributed by atoms with Crippen molar-refractivity contribution in [2.45, 2.75) is 92.8 Å². The van der Waals surface area contributed by atoms with Gasteiger partial charge in [0.2, 0.25) is 0 Å². The molecule has 2 fully saturated rings. The van der Waals surface area contributed by atoms with Gasteiger partial charge in [0, 0.05) is 26.2 Å². The average Bonchev–Trinajstić information content (AvgIpc) is 2.66. The Morgan fingerprint density at radius 2 is 1.69 bits per heavy atom. The summed E-state index contributed by atoms with van der Waals surface area (Å²) in [5, 5.41) is 10.2. The second kappa shape index (κ2) is 9.44. The normalized spacial score (nSPS) is 32.3. The lowest BCUT2D eigenvalue weighted by molar-refractivity contribution is -0.228. The van der Waals surface area contributed by atoms with Crippen LogP contribution in [0.1, 0.15) is 85.3 Å². The lowest BCUT2D eigenvalue weighted by atomic mass is 9.44. The fourth-order valence-electron chi connectivity index (χ4n) is 7.33. The van der Waals surface area contributed by atoms with E-state index in [1.54, 1.807) is 19.1 Å². The molecule has 2 aliphatic rings. The molecular weight excluding hydrogens is 444 g/mol. The number of carbonyl (C=O) groups is 3. The molecule has 2 aliphatic carbocycles. The summed E-state index contributed by atoms with van der Waals surface area (Å²) in [4.78, 5) is 38.4. The van der Waals surface area contributed by atoms with Crippen LogP contribution in [0, 0.1) is 29.6 Å². The maximum Gasteiger partial charge on any atom is 0.303 e. The zero-order chi connectivity index (χ0) is 26.3. The van der Waals surface area contributed by atoms with Gasteiger partial charge in [0.25, 0.3) is 0 Å². The van der Waals surface area contributed by atoms with Gasteiger partial charge in [-0.05, 0) is 73.3 Å². The number of hydrogen-bond acceptors (Lipinski definition) is 6. The van der Waals surface area contributed by atoms with Gasteiger partial charge in [-0.2, -0.15) is 0 Å². The molecule has 5 unspecified atom stereocenters. The van der Waals surface area contributed by atoms with Crippen LogP contribution in [-0.2, 0) is 23.9 Å². The number of carbonyl (C=O) groups excluding carboxylic acids is 3. The van der Waals surface area contributed by atoms with Gasteiger partial charge in [-0.25, -0.2) is 0 Å². The van der Waals surface area contributed by atoms with E-state index in [1.807, 2.05) is 26.0 Å². The number of phenolic OH excluding ortho intramolecular Hbond substituents is 1. The molecule has 0 radical (unpaired) electrons. The van der Waals surface area contributed by atoms with E-state index in [9.17, 15) is 19.5 Å². The third-order valence-corrected chi connectivity index (χ3v) is 8.34. The smallest absolute Gasteiger partial charge is 0.303 e. The molecule has 3 rings (SSSR count).